The molecule has 0 aromatic carbocycles. The number of aromatic nitrogens is 2. The molecule has 0 aliphatic heterocycles. The van der Waals surface area contributed by atoms with Crippen LogP contribution in [0.2, 0.25) is 0 Å². The second kappa shape index (κ2) is 7.62. The minimum absolute atomic E-state index is 0.167. The SMILES string of the molecule is CCc1nnc(CNC(=O)[C@@H](CC(C)C)NC(C)=O)o1. The first-order valence-corrected chi connectivity index (χ1v) is 6.78. The van der Waals surface area contributed by atoms with Crippen molar-refractivity contribution in [1.82, 2.24) is 20.8 Å². The summed E-state index contributed by atoms with van der Waals surface area (Å²) in [5.41, 5.74) is 0. The number of hydrogen-bond acceptors (Lipinski definition) is 5. The van der Waals surface area contributed by atoms with Crippen LogP contribution in [0.3, 0.4) is 0 Å². The maximum Gasteiger partial charge on any atom is 0.243 e. The third-order valence-electron chi connectivity index (χ3n) is 2.63. The van der Waals surface area contributed by atoms with Gasteiger partial charge in [0.15, 0.2) is 0 Å². The number of amides is 2. The van der Waals surface area contributed by atoms with Gasteiger partial charge in [0.1, 0.15) is 6.04 Å². The van der Waals surface area contributed by atoms with Gasteiger partial charge >= 0.3 is 0 Å². The second-order valence-electron chi connectivity index (χ2n) is 5.04. The van der Waals surface area contributed by atoms with Crippen LogP contribution in [0.1, 0.15) is 45.9 Å². The first-order valence-electron chi connectivity index (χ1n) is 6.78. The topological polar surface area (TPSA) is 97.1 Å². The molecule has 1 aromatic rings. The van der Waals surface area contributed by atoms with Crippen molar-refractivity contribution in [3.63, 3.8) is 0 Å². The molecule has 0 fully saturated rings. The van der Waals surface area contributed by atoms with Gasteiger partial charge < -0.3 is 15.1 Å². The van der Waals surface area contributed by atoms with Gasteiger partial charge in [0.2, 0.25) is 23.6 Å². The molecule has 20 heavy (non-hydrogen) atoms. The highest BCUT2D eigenvalue weighted by Gasteiger charge is 2.20. The molecule has 0 radical (unpaired) electrons. The summed E-state index contributed by atoms with van der Waals surface area (Å²) in [6.07, 6.45) is 1.23. The molecule has 0 saturated carbocycles. The number of nitrogens with one attached hydrogen (secondary N) is 2. The molecule has 0 aliphatic rings. The summed E-state index contributed by atoms with van der Waals surface area (Å²) < 4.78 is 5.30. The zero-order valence-electron chi connectivity index (χ0n) is 12.4. The third-order valence-corrected chi connectivity index (χ3v) is 2.63. The number of carbonyl (C=O) groups is 2. The highest BCUT2D eigenvalue weighted by molar-refractivity contribution is 5.86. The lowest BCUT2D eigenvalue weighted by Gasteiger charge is -2.18. The maximum absolute atomic E-state index is 12.0. The minimum Gasteiger partial charge on any atom is -0.423 e. The van der Waals surface area contributed by atoms with E-state index in [2.05, 4.69) is 20.8 Å². The van der Waals surface area contributed by atoms with Crippen LogP contribution in [0, 0.1) is 5.92 Å². The van der Waals surface area contributed by atoms with E-state index in [1.165, 1.54) is 6.92 Å². The normalized spacial score (nSPS) is 12.2. The van der Waals surface area contributed by atoms with Gasteiger partial charge in [-0.1, -0.05) is 20.8 Å². The zero-order valence-corrected chi connectivity index (χ0v) is 12.4. The molecular formula is C13H22N4O3. The van der Waals surface area contributed by atoms with E-state index < -0.39 is 6.04 Å². The smallest absolute Gasteiger partial charge is 0.243 e. The molecule has 1 rings (SSSR count). The maximum atomic E-state index is 12.0. The number of aryl methyl sites for hydroxylation is 1. The third kappa shape index (κ3) is 5.38. The lowest BCUT2D eigenvalue weighted by Crippen LogP contribution is -2.46. The summed E-state index contributed by atoms with van der Waals surface area (Å²) in [6, 6.07) is -0.541. The largest absolute Gasteiger partial charge is 0.423 e. The van der Waals surface area contributed by atoms with Crippen molar-refractivity contribution < 1.29 is 14.0 Å². The molecule has 112 valence electrons. The Kier molecular flexibility index (Phi) is 6.14. The average molecular weight is 282 g/mol. The lowest BCUT2D eigenvalue weighted by molar-refractivity contribution is -0.128. The molecule has 7 nitrogen and oxygen atoms in total. The van der Waals surface area contributed by atoms with Gasteiger partial charge in [0.25, 0.3) is 0 Å². The van der Waals surface area contributed by atoms with E-state index in [4.69, 9.17) is 4.42 Å². The van der Waals surface area contributed by atoms with Crippen LogP contribution in [0.25, 0.3) is 0 Å². The van der Waals surface area contributed by atoms with Gasteiger partial charge in [-0.3, -0.25) is 9.59 Å². The highest BCUT2D eigenvalue weighted by atomic mass is 16.4. The van der Waals surface area contributed by atoms with E-state index >= 15 is 0 Å². The van der Waals surface area contributed by atoms with Crippen molar-refractivity contribution in [3.8, 4) is 0 Å². The van der Waals surface area contributed by atoms with Gasteiger partial charge in [-0.2, -0.15) is 0 Å². The number of carbonyl (C=O) groups excluding carboxylic acids is 2. The van der Waals surface area contributed by atoms with Crippen LogP contribution < -0.4 is 10.6 Å². The molecule has 2 amide bonds. The summed E-state index contributed by atoms with van der Waals surface area (Å²) in [4.78, 5) is 23.2. The minimum atomic E-state index is -0.541. The molecule has 0 unspecified atom stereocenters. The quantitative estimate of drug-likeness (QED) is 0.771. The standard InChI is InChI=1S/C13H22N4O3/c1-5-11-16-17-12(20-11)7-14-13(19)10(6-8(2)3)15-9(4)18/h8,10H,5-7H2,1-4H3,(H,14,19)(H,15,18)/t10-/m1/s1. The molecule has 2 N–H and O–H groups in total. The van der Waals surface area contributed by atoms with Crippen LogP contribution in [0.15, 0.2) is 4.42 Å². The molecular weight excluding hydrogens is 260 g/mol. The Morgan fingerprint density at radius 1 is 1.25 bits per heavy atom. The van der Waals surface area contributed by atoms with Crippen LogP contribution in [-0.2, 0) is 22.6 Å². The first-order chi connectivity index (χ1) is 9.42. The van der Waals surface area contributed by atoms with Crippen molar-refractivity contribution >= 4 is 11.8 Å². The van der Waals surface area contributed by atoms with Gasteiger partial charge in [-0.15, -0.1) is 10.2 Å². The summed E-state index contributed by atoms with van der Waals surface area (Å²) in [6.45, 7) is 7.46. The van der Waals surface area contributed by atoms with Crippen molar-refractivity contribution in [3.05, 3.63) is 11.8 Å². The monoisotopic (exact) mass is 282 g/mol. The molecule has 0 saturated heterocycles. The fourth-order valence-corrected chi connectivity index (χ4v) is 1.74. The van der Waals surface area contributed by atoms with E-state index in [1.54, 1.807) is 0 Å². The van der Waals surface area contributed by atoms with Crippen LogP contribution in [0.5, 0.6) is 0 Å². The van der Waals surface area contributed by atoms with E-state index in [9.17, 15) is 9.59 Å². The molecule has 1 aromatic heterocycles. The second-order valence-corrected chi connectivity index (χ2v) is 5.04. The summed E-state index contributed by atoms with van der Waals surface area (Å²) in [7, 11) is 0. The average Bonchev–Trinajstić information content (AvgIpc) is 2.82. The Bertz CT molecular complexity index is 456. The molecule has 1 atom stereocenters. The van der Waals surface area contributed by atoms with E-state index in [-0.39, 0.29) is 18.4 Å². The lowest BCUT2D eigenvalue weighted by atomic mass is 10.0. The van der Waals surface area contributed by atoms with Gasteiger partial charge in [-0.25, -0.2) is 0 Å². The van der Waals surface area contributed by atoms with Crippen molar-refractivity contribution in [2.24, 2.45) is 5.92 Å². The van der Waals surface area contributed by atoms with Crippen LogP contribution in [0.4, 0.5) is 0 Å². The van der Waals surface area contributed by atoms with Crippen molar-refractivity contribution in [1.29, 1.82) is 0 Å². The van der Waals surface area contributed by atoms with Crippen LogP contribution in [-0.4, -0.2) is 28.1 Å². The Labute approximate surface area is 118 Å². The highest BCUT2D eigenvalue weighted by Crippen LogP contribution is 2.06. The predicted octanol–water partition coefficient (Wildman–Crippen LogP) is 0.799. The molecule has 0 aliphatic carbocycles. The Morgan fingerprint density at radius 2 is 1.90 bits per heavy atom. The number of rotatable bonds is 7. The predicted molar refractivity (Wildman–Crippen MR) is 72.6 cm³/mol. The van der Waals surface area contributed by atoms with Gasteiger partial charge in [0.05, 0.1) is 6.54 Å². The van der Waals surface area contributed by atoms with Crippen LogP contribution >= 0.6 is 0 Å². The zero-order chi connectivity index (χ0) is 15.1. The Morgan fingerprint density at radius 3 is 2.40 bits per heavy atom. The molecule has 1 heterocycles. The first kappa shape index (κ1) is 16.1. The van der Waals surface area contributed by atoms with Crippen molar-refractivity contribution in [2.75, 3.05) is 0 Å². The van der Waals surface area contributed by atoms with Gasteiger partial charge in [-0.05, 0) is 12.3 Å². The molecule has 7 heteroatoms. The van der Waals surface area contributed by atoms with Gasteiger partial charge in [0, 0.05) is 13.3 Å². The molecule has 0 spiro atoms. The number of hydrogen-bond donors (Lipinski definition) is 2. The Balaban J connectivity index is 2.54. The van der Waals surface area contributed by atoms with E-state index in [0.29, 0.717) is 30.5 Å². The fourth-order valence-electron chi connectivity index (χ4n) is 1.74. The summed E-state index contributed by atoms with van der Waals surface area (Å²) >= 11 is 0. The van der Waals surface area contributed by atoms with Crippen molar-refractivity contribution in [2.45, 2.75) is 53.1 Å². The summed E-state index contributed by atoms with van der Waals surface area (Å²) in [5, 5.41) is 13.0. The summed E-state index contributed by atoms with van der Waals surface area (Å²) in [5.74, 6) is 0.728. The number of nitrogens with zero attached hydrogens (tertiary/aromatic N) is 2. The fraction of sp³-hybridized carbons (Fsp3) is 0.692. The van der Waals surface area contributed by atoms with E-state index in [1.807, 2.05) is 20.8 Å². The molecule has 0 bridgehead atoms. The van der Waals surface area contributed by atoms with E-state index in [0.717, 1.165) is 0 Å². The Hall–Kier alpha value is -1.92.